The Balaban J connectivity index is 1.47. The predicted molar refractivity (Wildman–Crippen MR) is 148 cm³/mol. The van der Waals surface area contributed by atoms with Crippen molar-refractivity contribution in [1.82, 2.24) is 25.1 Å². The quantitative estimate of drug-likeness (QED) is 0.255. The van der Waals surface area contributed by atoms with Gasteiger partial charge in [0.1, 0.15) is 11.5 Å². The van der Waals surface area contributed by atoms with E-state index in [0.29, 0.717) is 40.2 Å². The van der Waals surface area contributed by atoms with E-state index in [1.54, 1.807) is 24.4 Å². The molecule has 2 heterocycles. The molecule has 10 heteroatoms. The average molecular weight is 535 g/mol. The van der Waals surface area contributed by atoms with Crippen LogP contribution >= 0.6 is 11.6 Å². The van der Waals surface area contributed by atoms with Gasteiger partial charge in [0.2, 0.25) is 5.95 Å². The molecule has 0 aliphatic rings. The van der Waals surface area contributed by atoms with Crippen molar-refractivity contribution in [3.8, 4) is 22.8 Å². The number of nitrogens with one attached hydrogen (secondary N) is 2. The Morgan fingerprint density at radius 2 is 1.92 bits per heavy atom. The first-order valence-corrected chi connectivity index (χ1v) is 12.7. The van der Waals surface area contributed by atoms with Crippen LogP contribution < -0.4 is 20.1 Å². The summed E-state index contributed by atoms with van der Waals surface area (Å²) in [7, 11) is 1.54. The Hall–Kier alpha value is -4.11. The second kappa shape index (κ2) is 12.0. The van der Waals surface area contributed by atoms with E-state index < -0.39 is 0 Å². The zero-order valence-corrected chi connectivity index (χ0v) is 22.8. The molecule has 1 amide bonds. The largest absolute Gasteiger partial charge is 0.495 e. The van der Waals surface area contributed by atoms with Crippen molar-refractivity contribution in [2.24, 2.45) is 0 Å². The molecule has 0 saturated carbocycles. The number of ether oxygens (including phenoxy) is 2. The van der Waals surface area contributed by atoms with Crippen molar-refractivity contribution in [3.63, 3.8) is 0 Å². The van der Waals surface area contributed by atoms with Crippen LogP contribution in [-0.4, -0.2) is 38.9 Å². The minimum Gasteiger partial charge on any atom is -0.495 e. The van der Waals surface area contributed by atoms with Crippen LogP contribution in [0.2, 0.25) is 5.02 Å². The van der Waals surface area contributed by atoms with Crippen LogP contribution in [0.1, 0.15) is 49.7 Å². The number of halogens is 1. The first kappa shape index (κ1) is 26.9. The number of hydrogen-bond donors (Lipinski definition) is 2. The highest BCUT2D eigenvalue weighted by molar-refractivity contribution is 6.32. The van der Waals surface area contributed by atoms with Gasteiger partial charge in [-0.3, -0.25) is 9.48 Å². The van der Waals surface area contributed by atoms with E-state index in [0.717, 1.165) is 16.9 Å². The van der Waals surface area contributed by atoms with Crippen LogP contribution in [0.4, 0.5) is 11.6 Å². The maximum absolute atomic E-state index is 12.8. The molecule has 198 valence electrons. The van der Waals surface area contributed by atoms with Gasteiger partial charge < -0.3 is 20.1 Å². The zero-order valence-electron chi connectivity index (χ0n) is 22.0. The molecule has 0 saturated heterocycles. The van der Waals surface area contributed by atoms with E-state index in [9.17, 15) is 4.79 Å². The number of hydrogen-bond acceptors (Lipinski definition) is 7. The van der Waals surface area contributed by atoms with E-state index in [-0.39, 0.29) is 18.1 Å². The van der Waals surface area contributed by atoms with Gasteiger partial charge in [-0.25, -0.2) is 9.97 Å². The highest BCUT2D eigenvalue weighted by Crippen LogP contribution is 2.31. The summed E-state index contributed by atoms with van der Waals surface area (Å²) in [6.07, 6.45) is 5.23. The van der Waals surface area contributed by atoms with Gasteiger partial charge in [0.15, 0.2) is 0 Å². The maximum atomic E-state index is 12.8. The first-order valence-electron chi connectivity index (χ1n) is 12.3. The van der Waals surface area contributed by atoms with Crippen LogP contribution in [-0.2, 0) is 6.54 Å². The third kappa shape index (κ3) is 6.60. The summed E-state index contributed by atoms with van der Waals surface area (Å²) in [6.45, 7) is 8.40. The second-order valence-electron chi connectivity index (χ2n) is 9.23. The van der Waals surface area contributed by atoms with Crippen LogP contribution in [0.3, 0.4) is 0 Å². The lowest BCUT2D eigenvalue weighted by Gasteiger charge is -2.13. The highest BCUT2D eigenvalue weighted by atomic mass is 35.5. The number of nitrogens with zero attached hydrogens (tertiary/aromatic N) is 4. The molecule has 4 rings (SSSR count). The molecule has 0 fully saturated rings. The van der Waals surface area contributed by atoms with Gasteiger partial charge in [-0.05, 0) is 63.6 Å². The number of anilines is 2. The van der Waals surface area contributed by atoms with Crippen LogP contribution in [0.25, 0.3) is 11.3 Å². The minimum atomic E-state index is -0.225. The molecular formula is C28H31ClN6O3. The number of rotatable bonds is 10. The fraction of sp³-hybridized carbons (Fsp3) is 0.286. The Bertz CT molecular complexity index is 1420. The summed E-state index contributed by atoms with van der Waals surface area (Å²) in [4.78, 5) is 21.7. The number of amides is 1. The molecule has 0 bridgehead atoms. The lowest BCUT2D eigenvalue weighted by atomic mass is 10.1. The smallest absolute Gasteiger partial charge is 0.251 e. The summed E-state index contributed by atoms with van der Waals surface area (Å²) < 4.78 is 13.1. The second-order valence-corrected chi connectivity index (χ2v) is 9.64. The Morgan fingerprint density at radius 3 is 2.63 bits per heavy atom. The molecule has 9 nitrogen and oxygen atoms in total. The lowest BCUT2D eigenvalue weighted by Crippen LogP contribution is -2.22. The summed E-state index contributed by atoms with van der Waals surface area (Å²) in [5.74, 6) is 1.35. The molecule has 0 atom stereocenters. The fourth-order valence-electron chi connectivity index (χ4n) is 3.71. The molecule has 0 unspecified atom stereocenters. The van der Waals surface area contributed by atoms with Crippen LogP contribution in [0.5, 0.6) is 11.5 Å². The van der Waals surface area contributed by atoms with Crippen molar-refractivity contribution in [2.45, 2.75) is 46.4 Å². The van der Waals surface area contributed by atoms with Crippen LogP contribution in [0.15, 0.2) is 61.1 Å². The standard InChI is InChI=1S/C28H31ClN6O3/c1-17(2)35-16-21(14-32-35)26-23(29)15-31-28(34-26)33-24-10-9-20(12-25(24)37-5)27(36)30-13-19-7-6-8-22(11-19)38-18(3)4/h6-12,14-18H,13H2,1-5H3,(H,30,36)(H,31,33,34). The van der Waals surface area contributed by atoms with E-state index in [2.05, 4.69) is 25.7 Å². The minimum absolute atomic E-state index is 0.0770. The van der Waals surface area contributed by atoms with E-state index in [4.69, 9.17) is 21.1 Å². The fourth-order valence-corrected chi connectivity index (χ4v) is 3.91. The van der Waals surface area contributed by atoms with Gasteiger partial charge in [-0.15, -0.1) is 0 Å². The van der Waals surface area contributed by atoms with Crippen molar-refractivity contribution in [2.75, 3.05) is 12.4 Å². The summed E-state index contributed by atoms with van der Waals surface area (Å²) >= 11 is 6.38. The highest BCUT2D eigenvalue weighted by Gasteiger charge is 2.15. The van der Waals surface area contributed by atoms with Gasteiger partial charge in [-0.1, -0.05) is 23.7 Å². The van der Waals surface area contributed by atoms with Gasteiger partial charge in [0.05, 0.1) is 42.0 Å². The zero-order chi connectivity index (χ0) is 27.2. The van der Waals surface area contributed by atoms with Crippen molar-refractivity contribution >= 4 is 29.1 Å². The Kier molecular flexibility index (Phi) is 8.48. The number of benzene rings is 2. The lowest BCUT2D eigenvalue weighted by molar-refractivity contribution is 0.0950. The summed E-state index contributed by atoms with van der Waals surface area (Å²) in [5.41, 5.74) is 3.36. The average Bonchev–Trinajstić information content (AvgIpc) is 3.39. The van der Waals surface area contributed by atoms with Gasteiger partial charge in [0, 0.05) is 29.9 Å². The molecular weight excluding hydrogens is 504 g/mol. The van der Waals surface area contributed by atoms with Crippen LogP contribution in [0, 0.1) is 0 Å². The van der Waals surface area contributed by atoms with E-state index in [1.165, 1.54) is 13.3 Å². The Labute approximate surface area is 227 Å². The first-order chi connectivity index (χ1) is 18.2. The third-order valence-corrected chi connectivity index (χ3v) is 5.86. The third-order valence-electron chi connectivity index (χ3n) is 5.58. The van der Waals surface area contributed by atoms with Gasteiger partial charge in [-0.2, -0.15) is 5.10 Å². The van der Waals surface area contributed by atoms with Crippen molar-refractivity contribution in [1.29, 1.82) is 0 Å². The monoisotopic (exact) mass is 534 g/mol. The predicted octanol–water partition coefficient (Wildman–Crippen LogP) is 6.04. The molecule has 0 aliphatic carbocycles. The number of carbonyl (C=O) groups is 1. The Morgan fingerprint density at radius 1 is 1.11 bits per heavy atom. The normalized spacial score (nSPS) is 11.1. The molecule has 0 radical (unpaired) electrons. The summed E-state index contributed by atoms with van der Waals surface area (Å²) in [6, 6.07) is 13.0. The molecule has 0 aliphatic heterocycles. The number of aromatic nitrogens is 4. The molecule has 2 N–H and O–H groups in total. The topological polar surface area (TPSA) is 103 Å². The van der Waals surface area contributed by atoms with E-state index in [1.807, 2.05) is 62.8 Å². The number of methoxy groups -OCH3 is 1. The molecule has 4 aromatic rings. The summed E-state index contributed by atoms with van der Waals surface area (Å²) in [5, 5.41) is 10.9. The number of carbonyl (C=O) groups excluding carboxylic acids is 1. The molecule has 0 spiro atoms. The molecule has 2 aromatic heterocycles. The molecule has 38 heavy (non-hydrogen) atoms. The van der Waals surface area contributed by atoms with Crippen molar-refractivity contribution in [3.05, 3.63) is 77.2 Å². The van der Waals surface area contributed by atoms with Crippen molar-refractivity contribution < 1.29 is 14.3 Å². The maximum Gasteiger partial charge on any atom is 0.251 e. The SMILES string of the molecule is COc1cc(C(=O)NCc2cccc(OC(C)C)c2)ccc1Nc1ncc(Cl)c(-c2cnn(C(C)C)c2)n1. The molecule has 2 aromatic carbocycles. The van der Waals surface area contributed by atoms with E-state index >= 15 is 0 Å². The van der Waals surface area contributed by atoms with Gasteiger partial charge >= 0.3 is 0 Å². The van der Waals surface area contributed by atoms with Gasteiger partial charge in [0.25, 0.3) is 5.91 Å².